The molecule has 1 saturated heterocycles. The van der Waals surface area contributed by atoms with Crippen molar-refractivity contribution in [2.75, 3.05) is 20.3 Å². The summed E-state index contributed by atoms with van der Waals surface area (Å²) in [7, 11) is 1.68. The molecule has 0 amide bonds. The fraction of sp³-hybridized carbons (Fsp3) is 0.321. The lowest BCUT2D eigenvalue weighted by Gasteiger charge is -2.23. The minimum absolute atomic E-state index is 0.286. The molecule has 0 saturated carbocycles. The van der Waals surface area contributed by atoms with Crippen molar-refractivity contribution in [2.45, 2.75) is 39.2 Å². The normalized spacial score (nSPS) is 14.6. The Morgan fingerprint density at radius 2 is 1.78 bits per heavy atom. The fourth-order valence-corrected chi connectivity index (χ4v) is 5.97. The standard InChI is InChI=1S/C28H26Cl2N4O3/c1-15-26(16(2)37-33-15)22-11-23-21(12-25(22)35-3)27-24(13-31-23)32-28(18-4-6-36-7-5-18)34(27)14-17-8-19(29)10-20(30)9-17/h8-13,18H,4-7,14H2,1-3H3. The molecule has 0 bridgehead atoms. The predicted octanol–water partition coefficient (Wildman–Crippen LogP) is 7.11. The minimum Gasteiger partial charge on any atom is -0.496 e. The molecule has 5 aromatic rings. The van der Waals surface area contributed by atoms with Gasteiger partial charge < -0.3 is 18.6 Å². The molecular weight excluding hydrogens is 511 g/mol. The van der Waals surface area contributed by atoms with Crippen molar-refractivity contribution in [3.8, 4) is 16.9 Å². The van der Waals surface area contributed by atoms with Crippen LogP contribution in [0.15, 0.2) is 41.1 Å². The number of hydrogen-bond donors (Lipinski definition) is 0. The van der Waals surface area contributed by atoms with Gasteiger partial charge in [-0.2, -0.15) is 0 Å². The van der Waals surface area contributed by atoms with Crippen LogP contribution in [0.5, 0.6) is 5.75 Å². The molecule has 3 aromatic heterocycles. The van der Waals surface area contributed by atoms with Crippen LogP contribution in [0.1, 0.15) is 41.6 Å². The van der Waals surface area contributed by atoms with E-state index in [0.29, 0.717) is 16.6 Å². The molecule has 0 spiro atoms. The van der Waals surface area contributed by atoms with E-state index >= 15 is 0 Å². The third-order valence-electron chi connectivity index (χ3n) is 7.08. The number of hydrogen-bond acceptors (Lipinski definition) is 6. The highest BCUT2D eigenvalue weighted by molar-refractivity contribution is 6.34. The number of pyridine rings is 1. The summed E-state index contributed by atoms with van der Waals surface area (Å²) in [6.07, 6.45) is 3.69. The lowest BCUT2D eigenvalue weighted by molar-refractivity contribution is 0.0830. The van der Waals surface area contributed by atoms with Crippen molar-refractivity contribution < 1.29 is 14.0 Å². The fourth-order valence-electron chi connectivity index (χ4n) is 5.40. The molecule has 1 aliphatic heterocycles. The van der Waals surface area contributed by atoms with Gasteiger partial charge in [0.25, 0.3) is 0 Å². The maximum atomic E-state index is 6.36. The number of imidazole rings is 1. The number of fused-ring (bicyclic) bond motifs is 3. The van der Waals surface area contributed by atoms with Crippen LogP contribution in [0.4, 0.5) is 0 Å². The third kappa shape index (κ3) is 4.35. The zero-order chi connectivity index (χ0) is 25.7. The first-order chi connectivity index (χ1) is 17.9. The molecule has 2 aromatic carbocycles. The van der Waals surface area contributed by atoms with Gasteiger partial charge in [-0.1, -0.05) is 28.4 Å². The van der Waals surface area contributed by atoms with Crippen molar-refractivity contribution in [1.82, 2.24) is 19.7 Å². The quantitative estimate of drug-likeness (QED) is 0.238. The Morgan fingerprint density at radius 3 is 2.46 bits per heavy atom. The number of aromatic nitrogens is 4. The first kappa shape index (κ1) is 24.2. The molecule has 0 radical (unpaired) electrons. The summed E-state index contributed by atoms with van der Waals surface area (Å²) in [4.78, 5) is 9.90. The number of rotatable bonds is 5. The summed E-state index contributed by atoms with van der Waals surface area (Å²) in [5.41, 5.74) is 6.32. The van der Waals surface area contributed by atoms with E-state index < -0.39 is 0 Å². The molecule has 4 heterocycles. The van der Waals surface area contributed by atoms with Crippen molar-refractivity contribution in [3.63, 3.8) is 0 Å². The van der Waals surface area contributed by atoms with Gasteiger partial charge in [-0.3, -0.25) is 4.98 Å². The molecule has 0 N–H and O–H groups in total. The molecule has 9 heteroatoms. The van der Waals surface area contributed by atoms with Gasteiger partial charge in [-0.25, -0.2) is 4.98 Å². The highest BCUT2D eigenvalue weighted by Crippen LogP contribution is 2.40. The van der Waals surface area contributed by atoms with Gasteiger partial charge in [-0.05, 0) is 62.6 Å². The lowest BCUT2D eigenvalue weighted by atomic mass is 9.99. The van der Waals surface area contributed by atoms with Crippen LogP contribution in [0.25, 0.3) is 33.1 Å². The summed E-state index contributed by atoms with van der Waals surface area (Å²) in [5.74, 6) is 2.77. The molecule has 0 aliphatic carbocycles. The molecule has 190 valence electrons. The van der Waals surface area contributed by atoms with E-state index in [-0.39, 0.29) is 5.92 Å². The Labute approximate surface area is 224 Å². The summed E-state index contributed by atoms with van der Waals surface area (Å²) in [5, 5.41) is 6.31. The van der Waals surface area contributed by atoms with Crippen LogP contribution >= 0.6 is 23.2 Å². The van der Waals surface area contributed by atoms with Crippen LogP contribution < -0.4 is 4.74 Å². The monoisotopic (exact) mass is 536 g/mol. The van der Waals surface area contributed by atoms with Crippen LogP contribution in [0, 0.1) is 13.8 Å². The topological polar surface area (TPSA) is 75.2 Å². The average Bonchev–Trinajstić information content (AvgIpc) is 3.42. The Bertz CT molecular complexity index is 1600. The van der Waals surface area contributed by atoms with Gasteiger partial charge in [0.1, 0.15) is 22.9 Å². The molecule has 6 rings (SSSR count). The summed E-state index contributed by atoms with van der Waals surface area (Å²) in [6.45, 7) is 5.86. The van der Waals surface area contributed by atoms with Crippen LogP contribution in [0.3, 0.4) is 0 Å². The molecule has 1 fully saturated rings. The second-order valence-corrected chi connectivity index (χ2v) is 10.4. The van der Waals surface area contributed by atoms with E-state index in [9.17, 15) is 0 Å². The third-order valence-corrected chi connectivity index (χ3v) is 7.51. The van der Waals surface area contributed by atoms with Crippen LogP contribution in [0.2, 0.25) is 10.0 Å². The zero-order valence-electron chi connectivity index (χ0n) is 20.8. The van der Waals surface area contributed by atoms with E-state index in [1.807, 2.05) is 44.3 Å². The lowest BCUT2D eigenvalue weighted by Crippen LogP contribution is -2.18. The molecule has 0 atom stereocenters. The Hall–Kier alpha value is -3.13. The van der Waals surface area contributed by atoms with E-state index in [4.69, 9.17) is 47.2 Å². The molecule has 7 nitrogen and oxygen atoms in total. The first-order valence-electron chi connectivity index (χ1n) is 12.3. The number of ether oxygens (including phenoxy) is 2. The van der Waals surface area contributed by atoms with Crippen molar-refractivity contribution in [2.24, 2.45) is 0 Å². The minimum atomic E-state index is 0.286. The highest BCUT2D eigenvalue weighted by atomic mass is 35.5. The molecule has 0 unspecified atom stereocenters. The molecular formula is C28H26Cl2N4O3. The first-order valence-corrected chi connectivity index (χ1v) is 13.0. The molecule has 1 aliphatic rings. The Morgan fingerprint density at radius 1 is 1.03 bits per heavy atom. The zero-order valence-corrected chi connectivity index (χ0v) is 22.4. The highest BCUT2D eigenvalue weighted by Gasteiger charge is 2.25. The van der Waals surface area contributed by atoms with E-state index in [2.05, 4.69) is 9.72 Å². The van der Waals surface area contributed by atoms with Gasteiger partial charge in [0.2, 0.25) is 0 Å². The SMILES string of the molecule is COc1cc2c(cc1-c1c(C)noc1C)ncc1nc(C3CCOCC3)n(Cc3cc(Cl)cc(Cl)c3)c12. The van der Waals surface area contributed by atoms with Crippen molar-refractivity contribution in [3.05, 3.63) is 69.4 Å². The number of halogens is 2. The summed E-state index contributed by atoms with van der Waals surface area (Å²) in [6, 6.07) is 9.74. The number of methoxy groups -OCH3 is 1. The van der Waals surface area contributed by atoms with Gasteiger partial charge in [0, 0.05) is 46.7 Å². The van der Waals surface area contributed by atoms with Crippen LogP contribution in [-0.4, -0.2) is 40.0 Å². The van der Waals surface area contributed by atoms with Gasteiger partial charge >= 0.3 is 0 Å². The van der Waals surface area contributed by atoms with Crippen molar-refractivity contribution >= 4 is 45.1 Å². The van der Waals surface area contributed by atoms with Gasteiger partial charge in [-0.15, -0.1) is 0 Å². The maximum absolute atomic E-state index is 6.36. The average molecular weight is 537 g/mol. The Balaban J connectivity index is 1.61. The number of aryl methyl sites for hydroxylation is 2. The second-order valence-electron chi connectivity index (χ2n) is 9.48. The smallest absolute Gasteiger partial charge is 0.141 e. The van der Waals surface area contributed by atoms with E-state index in [0.717, 1.165) is 87.7 Å². The summed E-state index contributed by atoms with van der Waals surface area (Å²) >= 11 is 12.7. The van der Waals surface area contributed by atoms with Crippen molar-refractivity contribution in [1.29, 1.82) is 0 Å². The van der Waals surface area contributed by atoms with E-state index in [1.54, 1.807) is 13.2 Å². The number of nitrogens with zero attached hydrogens (tertiary/aromatic N) is 4. The maximum Gasteiger partial charge on any atom is 0.141 e. The Kier molecular flexibility index (Phi) is 6.31. The molecule has 37 heavy (non-hydrogen) atoms. The van der Waals surface area contributed by atoms with E-state index in [1.165, 1.54) is 0 Å². The predicted molar refractivity (Wildman–Crippen MR) is 145 cm³/mol. The number of benzene rings is 2. The largest absolute Gasteiger partial charge is 0.496 e. The van der Waals surface area contributed by atoms with Gasteiger partial charge in [0.05, 0.1) is 35.6 Å². The summed E-state index contributed by atoms with van der Waals surface area (Å²) < 4.78 is 19.2. The second kappa shape index (κ2) is 9.63. The van der Waals surface area contributed by atoms with Gasteiger partial charge in [0.15, 0.2) is 0 Å². The van der Waals surface area contributed by atoms with Crippen LogP contribution in [-0.2, 0) is 11.3 Å².